The van der Waals surface area contributed by atoms with Crippen LogP contribution in [0.25, 0.3) is 5.52 Å². The Morgan fingerprint density at radius 1 is 0.532 bits per heavy atom. The highest BCUT2D eigenvalue weighted by Gasteiger charge is 2.53. The predicted octanol–water partition coefficient (Wildman–Crippen LogP) is 13.1. The molecule has 0 unspecified atom stereocenters. The Kier molecular flexibility index (Phi) is 14.5. The minimum atomic E-state index is -3.07. The number of benzene rings is 8. The van der Waals surface area contributed by atoms with Crippen molar-refractivity contribution >= 4 is 30.0 Å². The number of rotatable bonds is 18. The number of aromatic nitrogens is 3. The second kappa shape index (κ2) is 21.8. The second-order valence-corrected chi connectivity index (χ2v) is 24.8. The number of nitrogens with zero attached hydrogens (tertiary/aromatic N) is 3. The topological polar surface area (TPSA) is 88.4 Å². The van der Waals surface area contributed by atoms with Crippen LogP contribution in [-0.2, 0) is 25.0 Å². The molecule has 10 aromatic rings. The second-order valence-electron chi connectivity index (χ2n) is 20.5. The van der Waals surface area contributed by atoms with Gasteiger partial charge in [0.1, 0.15) is 40.6 Å². The van der Waals surface area contributed by atoms with Crippen molar-refractivity contribution in [3.63, 3.8) is 0 Å². The van der Waals surface area contributed by atoms with Crippen molar-refractivity contribution in [1.82, 2.24) is 14.6 Å². The Labute approximate surface area is 453 Å². The van der Waals surface area contributed by atoms with Crippen LogP contribution in [0, 0.1) is 6.10 Å². The lowest BCUT2D eigenvalue weighted by molar-refractivity contribution is -0.0539. The molecule has 2 atom stereocenters. The monoisotopic (exact) mass is 1030 g/mol. The van der Waals surface area contributed by atoms with E-state index in [2.05, 4.69) is 220 Å². The van der Waals surface area contributed by atoms with E-state index in [1.807, 2.05) is 53.0 Å². The summed E-state index contributed by atoms with van der Waals surface area (Å²) < 4.78 is 36.5. The molecular formula is C67H63N4O5Si. The maximum absolute atomic E-state index is 7.97. The van der Waals surface area contributed by atoms with Gasteiger partial charge in [0, 0.05) is 6.42 Å². The number of anilines is 1. The molecule has 10 heteroatoms. The van der Waals surface area contributed by atoms with Gasteiger partial charge in [-0.3, -0.25) is 0 Å². The summed E-state index contributed by atoms with van der Waals surface area (Å²) in [4.78, 5) is 5.01. The molecule has 8 aromatic carbocycles. The summed E-state index contributed by atoms with van der Waals surface area (Å²) >= 11 is 0. The van der Waals surface area contributed by atoms with Gasteiger partial charge in [0.05, 0.1) is 32.6 Å². The Balaban J connectivity index is 1.05. The third-order valence-electron chi connectivity index (χ3n) is 15.2. The van der Waals surface area contributed by atoms with Crippen LogP contribution < -0.4 is 25.2 Å². The summed E-state index contributed by atoms with van der Waals surface area (Å²) in [6, 6.07) is 84.0. The molecule has 0 amide bonds. The van der Waals surface area contributed by atoms with Crippen molar-refractivity contribution < 1.29 is 23.4 Å². The Hall–Kier alpha value is -8.12. The molecule has 2 aromatic heterocycles. The van der Waals surface area contributed by atoms with Crippen LogP contribution in [0.1, 0.15) is 72.4 Å². The highest BCUT2D eigenvalue weighted by Crippen LogP contribution is 2.49. The lowest BCUT2D eigenvalue weighted by Gasteiger charge is -2.44. The zero-order valence-electron chi connectivity index (χ0n) is 44.1. The number of nitrogens with one attached hydrogen (secondary N) is 1. The summed E-state index contributed by atoms with van der Waals surface area (Å²) in [5.41, 5.74) is 5.64. The largest absolute Gasteiger partial charge is 0.497 e. The van der Waals surface area contributed by atoms with Gasteiger partial charge in [0.2, 0.25) is 0 Å². The smallest absolute Gasteiger partial charge is 0.261 e. The van der Waals surface area contributed by atoms with E-state index in [1.165, 1.54) is 10.4 Å². The SMILES string of the molecule is COc1ccc(C(Nc2ncnn3c([C@H]4C[C@H](OC(c5ccccc5)(c5ccccc5)c5ccc(OC)cc5)[C](CO[Si](c5ccccc5)(c5ccccc5)C(C)(C)C)O4)ccc23)(c2ccccc2)c2ccccc2)cc1. The molecule has 1 radical (unpaired) electrons. The van der Waals surface area contributed by atoms with Crippen LogP contribution in [0.2, 0.25) is 5.04 Å². The number of methoxy groups -OCH3 is 2. The van der Waals surface area contributed by atoms with Gasteiger partial charge in [-0.05, 0) is 85.2 Å². The van der Waals surface area contributed by atoms with E-state index in [0.29, 0.717) is 18.3 Å². The maximum atomic E-state index is 7.97. The first-order chi connectivity index (χ1) is 37.7. The van der Waals surface area contributed by atoms with E-state index < -0.39 is 31.7 Å². The molecule has 1 saturated heterocycles. The Morgan fingerprint density at radius 3 is 1.43 bits per heavy atom. The molecule has 0 spiro atoms. The number of hydrogen-bond acceptors (Lipinski definition) is 8. The average Bonchev–Trinajstić information content (AvgIpc) is 4.13. The van der Waals surface area contributed by atoms with Gasteiger partial charge in [-0.2, -0.15) is 5.10 Å². The molecule has 0 bridgehead atoms. The molecule has 1 fully saturated rings. The van der Waals surface area contributed by atoms with Crippen molar-refractivity contribution in [3.8, 4) is 11.5 Å². The van der Waals surface area contributed by atoms with Crippen LogP contribution >= 0.6 is 0 Å². The van der Waals surface area contributed by atoms with Gasteiger partial charge >= 0.3 is 0 Å². The van der Waals surface area contributed by atoms with Crippen molar-refractivity contribution in [3.05, 3.63) is 294 Å². The summed E-state index contributed by atoms with van der Waals surface area (Å²) in [5.74, 6) is 2.17. The number of fused-ring (bicyclic) bond motifs is 1. The van der Waals surface area contributed by atoms with E-state index in [4.69, 9.17) is 33.5 Å². The lowest BCUT2D eigenvalue weighted by atomic mass is 9.77. The van der Waals surface area contributed by atoms with Gasteiger partial charge in [0.25, 0.3) is 8.32 Å². The fourth-order valence-corrected chi connectivity index (χ4v) is 16.0. The fourth-order valence-electron chi connectivity index (χ4n) is 11.5. The molecule has 385 valence electrons. The Bertz CT molecular complexity index is 3370. The maximum Gasteiger partial charge on any atom is 0.261 e. The summed E-state index contributed by atoms with van der Waals surface area (Å²) in [7, 11) is 0.307. The van der Waals surface area contributed by atoms with Gasteiger partial charge in [-0.15, -0.1) is 0 Å². The van der Waals surface area contributed by atoms with E-state index in [1.54, 1.807) is 20.5 Å². The summed E-state index contributed by atoms with van der Waals surface area (Å²) in [6.45, 7) is 7.08. The highest BCUT2D eigenvalue weighted by molar-refractivity contribution is 6.99. The van der Waals surface area contributed by atoms with Crippen LogP contribution in [0.4, 0.5) is 5.82 Å². The third-order valence-corrected chi connectivity index (χ3v) is 20.1. The lowest BCUT2D eigenvalue weighted by Crippen LogP contribution is -2.67. The molecule has 0 saturated carbocycles. The van der Waals surface area contributed by atoms with Gasteiger partial charge in [-0.1, -0.05) is 227 Å². The first-order valence-electron chi connectivity index (χ1n) is 26.2. The van der Waals surface area contributed by atoms with Crippen molar-refractivity contribution in [2.45, 2.75) is 55.6 Å². The quantitative estimate of drug-likeness (QED) is 0.0672. The van der Waals surface area contributed by atoms with E-state index in [-0.39, 0.29) is 11.6 Å². The molecule has 1 aliphatic heterocycles. The number of ether oxygens (including phenoxy) is 4. The minimum absolute atomic E-state index is 0.181. The first kappa shape index (κ1) is 51.0. The zero-order chi connectivity index (χ0) is 52.9. The molecule has 77 heavy (non-hydrogen) atoms. The fraction of sp³-hybridized carbons (Fsp3) is 0.179. The van der Waals surface area contributed by atoms with Crippen LogP contribution in [0.5, 0.6) is 11.5 Å². The van der Waals surface area contributed by atoms with E-state index in [0.717, 1.165) is 56.1 Å². The minimum Gasteiger partial charge on any atom is -0.497 e. The predicted molar refractivity (Wildman–Crippen MR) is 308 cm³/mol. The normalized spacial score (nSPS) is 15.3. The van der Waals surface area contributed by atoms with Crippen LogP contribution in [-0.4, -0.2) is 49.8 Å². The van der Waals surface area contributed by atoms with Gasteiger partial charge < -0.3 is 28.7 Å². The molecule has 11 rings (SSSR count). The van der Waals surface area contributed by atoms with Crippen molar-refractivity contribution in [1.29, 1.82) is 0 Å². The third kappa shape index (κ3) is 9.52. The van der Waals surface area contributed by atoms with Gasteiger partial charge in [0.15, 0.2) is 11.9 Å². The number of hydrogen-bond donors (Lipinski definition) is 1. The first-order valence-corrected chi connectivity index (χ1v) is 28.2. The highest BCUT2D eigenvalue weighted by atomic mass is 28.4. The average molecular weight is 1030 g/mol. The molecular weight excluding hydrogens is 969 g/mol. The van der Waals surface area contributed by atoms with Crippen LogP contribution in [0.15, 0.2) is 249 Å². The molecule has 9 nitrogen and oxygen atoms in total. The zero-order valence-corrected chi connectivity index (χ0v) is 45.1. The summed E-state index contributed by atoms with van der Waals surface area (Å²) in [5, 5.41) is 11.1. The van der Waals surface area contributed by atoms with Crippen LogP contribution in [0.3, 0.4) is 0 Å². The molecule has 3 heterocycles. The molecule has 1 aliphatic rings. The van der Waals surface area contributed by atoms with E-state index >= 15 is 0 Å². The van der Waals surface area contributed by atoms with Gasteiger partial charge in [-0.25, -0.2) is 9.50 Å². The Morgan fingerprint density at radius 2 is 0.961 bits per heavy atom. The molecule has 1 N–H and O–H groups in total. The van der Waals surface area contributed by atoms with Crippen molar-refractivity contribution in [2.24, 2.45) is 0 Å². The molecule has 0 aliphatic carbocycles. The summed E-state index contributed by atoms with van der Waals surface area (Å²) in [6.07, 6.45) is 1.69. The standard InChI is InChI=1S/C67H63N4O5Si/c1-65(2,3)77(57-32-20-10-21-33-57,58-34-22-11-23-35-58)74-47-63-62(76-67(52-28-16-8-17-29-52,53-30-18-9-19-31-53)54-38-42-56(73-5)43-39-54)46-61(75-63)59-44-45-60-64(68-48-69-71(59)60)70-66(49-24-12-6-13-25-49,50-26-14-7-15-27-50)51-36-40-55(72-4)41-37-51/h6-45,48,61-62H,46-47H2,1-5H3,(H,68,69,70)/t61-,62+/m1/s1. The van der Waals surface area contributed by atoms with Crippen molar-refractivity contribution in [2.75, 3.05) is 26.1 Å². The van der Waals surface area contributed by atoms with E-state index in [9.17, 15) is 0 Å².